The van der Waals surface area contributed by atoms with Crippen LogP contribution in [-0.4, -0.2) is 5.11 Å². The summed E-state index contributed by atoms with van der Waals surface area (Å²) in [5, 5.41) is 17.7. The molecule has 0 aromatic heterocycles. The Morgan fingerprint density at radius 3 is 2.22 bits per heavy atom. The second-order valence-electron chi connectivity index (χ2n) is 3.52. The van der Waals surface area contributed by atoms with Gasteiger partial charge in [-0.05, 0) is 30.3 Å². The predicted octanol–water partition coefficient (Wildman–Crippen LogP) is 3.82. The molecule has 0 atom stereocenters. The second kappa shape index (κ2) is 5.42. The summed E-state index contributed by atoms with van der Waals surface area (Å²) >= 11 is 5.81. The van der Waals surface area contributed by atoms with Crippen LogP contribution in [0.5, 0.6) is 5.75 Å². The molecular formula is C13H9ClN2O2. The van der Waals surface area contributed by atoms with Gasteiger partial charge in [0.15, 0.2) is 5.75 Å². The fraction of sp³-hybridized carbons (Fsp3) is 0. The van der Waals surface area contributed by atoms with Crippen LogP contribution in [0, 0.1) is 0 Å². The molecular weight excluding hydrogens is 252 g/mol. The van der Waals surface area contributed by atoms with Gasteiger partial charge in [-0.2, -0.15) is 10.2 Å². The Hall–Kier alpha value is -2.20. The zero-order valence-electron chi connectivity index (χ0n) is 9.25. The summed E-state index contributed by atoms with van der Waals surface area (Å²) in [5.74, 6) is -0.320. The molecule has 2 rings (SSSR count). The summed E-state index contributed by atoms with van der Waals surface area (Å²) in [5.41, 5.74) is 0.450. The van der Waals surface area contributed by atoms with Gasteiger partial charge in [-0.25, -0.2) is 0 Å². The van der Waals surface area contributed by atoms with Crippen molar-refractivity contribution in [3.63, 3.8) is 0 Å². The highest BCUT2D eigenvalue weighted by Crippen LogP contribution is 2.20. The normalized spacial score (nSPS) is 10.7. The van der Waals surface area contributed by atoms with Crippen molar-refractivity contribution < 1.29 is 5.11 Å². The Morgan fingerprint density at radius 1 is 0.944 bits per heavy atom. The van der Waals surface area contributed by atoms with E-state index >= 15 is 0 Å². The summed E-state index contributed by atoms with van der Waals surface area (Å²) in [7, 11) is 0. The minimum atomic E-state index is -0.500. The molecule has 5 heteroatoms. The molecule has 0 spiro atoms. The molecule has 0 aliphatic rings. The van der Waals surface area contributed by atoms with Crippen molar-refractivity contribution in [3.8, 4) is 5.75 Å². The van der Waals surface area contributed by atoms with Gasteiger partial charge in [0.2, 0.25) is 5.43 Å². The van der Waals surface area contributed by atoms with Gasteiger partial charge in [0.05, 0.1) is 11.4 Å². The molecule has 0 saturated carbocycles. The maximum Gasteiger partial charge on any atom is 0.222 e. The van der Waals surface area contributed by atoms with Crippen LogP contribution < -0.4 is 5.43 Å². The van der Waals surface area contributed by atoms with E-state index in [9.17, 15) is 9.90 Å². The van der Waals surface area contributed by atoms with Crippen molar-refractivity contribution in [1.82, 2.24) is 0 Å². The van der Waals surface area contributed by atoms with Crippen LogP contribution >= 0.6 is 11.6 Å². The number of hydrogen-bond acceptors (Lipinski definition) is 4. The van der Waals surface area contributed by atoms with E-state index in [0.717, 1.165) is 0 Å². The molecule has 0 heterocycles. The van der Waals surface area contributed by atoms with E-state index in [1.807, 2.05) is 0 Å². The van der Waals surface area contributed by atoms with Crippen molar-refractivity contribution >= 4 is 23.0 Å². The zero-order valence-corrected chi connectivity index (χ0v) is 10.0. The summed E-state index contributed by atoms with van der Waals surface area (Å²) in [6.07, 6.45) is 0. The molecule has 1 N–H and O–H groups in total. The van der Waals surface area contributed by atoms with Crippen molar-refractivity contribution in [2.24, 2.45) is 10.2 Å². The van der Waals surface area contributed by atoms with Gasteiger partial charge in [0, 0.05) is 11.1 Å². The highest BCUT2D eigenvalue weighted by molar-refractivity contribution is 6.30. The van der Waals surface area contributed by atoms with Crippen molar-refractivity contribution in [2.45, 2.75) is 0 Å². The highest BCUT2D eigenvalue weighted by atomic mass is 35.5. The topological polar surface area (TPSA) is 62.0 Å². The molecule has 90 valence electrons. The van der Waals surface area contributed by atoms with Crippen molar-refractivity contribution in [1.29, 1.82) is 0 Å². The van der Waals surface area contributed by atoms with Crippen LogP contribution in [0.4, 0.5) is 11.4 Å². The third-order valence-corrected chi connectivity index (χ3v) is 2.38. The fourth-order valence-corrected chi connectivity index (χ4v) is 1.48. The second-order valence-corrected chi connectivity index (χ2v) is 3.96. The van der Waals surface area contributed by atoms with Crippen LogP contribution in [0.3, 0.4) is 0 Å². The lowest BCUT2D eigenvalue weighted by molar-refractivity contribution is 0.471. The lowest BCUT2D eigenvalue weighted by Crippen LogP contribution is -1.91. The molecule has 0 unspecified atom stereocenters. The van der Waals surface area contributed by atoms with Crippen LogP contribution in [0.1, 0.15) is 0 Å². The Kier molecular flexibility index (Phi) is 3.69. The third kappa shape index (κ3) is 3.15. The Bertz CT molecular complexity index is 656. The van der Waals surface area contributed by atoms with Gasteiger partial charge in [-0.15, -0.1) is 0 Å². The molecule has 0 bridgehead atoms. The first-order valence-corrected chi connectivity index (χ1v) is 5.53. The Labute approximate surface area is 108 Å². The monoisotopic (exact) mass is 260 g/mol. The quantitative estimate of drug-likeness (QED) is 0.834. The van der Waals surface area contributed by atoms with E-state index in [-0.39, 0.29) is 5.75 Å². The minimum Gasteiger partial charge on any atom is -0.504 e. The lowest BCUT2D eigenvalue weighted by atomic mass is 10.3. The molecule has 4 nitrogen and oxygen atoms in total. The lowest BCUT2D eigenvalue weighted by Gasteiger charge is -1.92. The first kappa shape index (κ1) is 12.3. The van der Waals surface area contributed by atoms with Gasteiger partial charge in [-0.3, -0.25) is 4.79 Å². The number of hydrogen-bond donors (Lipinski definition) is 1. The molecule has 18 heavy (non-hydrogen) atoms. The molecule has 0 radical (unpaired) electrons. The van der Waals surface area contributed by atoms with E-state index in [1.165, 1.54) is 18.2 Å². The minimum absolute atomic E-state index is 0.320. The molecule has 2 aromatic rings. The fourth-order valence-electron chi connectivity index (χ4n) is 1.29. The number of rotatable bonds is 2. The molecule has 2 aromatic carbocycles. The summed E-state index contributed by atoms with van der Waals surface area (Å²) < 4.78 is 0. The number of benzene rings is 1. The SMILES string of the molecule is O=c1cc(N=Nc2cccc(Cl)c2)cccc1O. The van der Waals surface area contributed by atoms with Gasteiger partial charge >= 0.3 is 0 Å². The van der Waals surface area contributed by atoms with Gasteiger partial charge in [0.1, 0.15) is 0 Å². The number of halogens is 1. The maximum absolute atomic E-state index is 11.3. The summed E-state index contributed by atoms with van der Waals surface area (Å²) in [6.45, 7) is 0. The Morgan fingerprint density at radius 2 is 1.56 bits per heavy atom. The molecule has 0 amide bonds. The number of aromatic hydroxyl groups is 1. The molecule has 0 saturated heterocycles. The molecule has 0 fully saturated rings. The van der Waals surface area contributed by atoms with Crippen molar-refractivity contribution in [2.75, 3.05) is 0 Å². The largest absolute Gasteiger partial charge is 0.504 e. The first-order valence-electron chi connectivity index (χ1n) is 5.16. The first-order chi connectivity index (χ1) is 8.65. The Balaban J connectivity index is 2.33. The van der Waals surface area contributed by atoms with E-state index < -0.39 is 5.43 Å². The van der Waals surface area contributed by atoms with Crippen LogP contribution in [0.2, 0.25) is 5.02 Å². The average Bonchev–Trinajstić information content (AvgIpc) is 2.50. The van der Waals surface area contributed by atoms with E-state index in [4.69, 9.17) is 11.6 Å². The maximum atomic E-state index is 11.3. The molecule has 0 aliphatic carbocycles. The van der Waals surface area contributed by atoms with Crippen LogP contribution in [-0.2, 0) is 0 Å². The van der Waals surface area contributed by atoms with E-state index in [1.54, 1.807) is 30.3 Å². The number of azo groups is 1. The zero-order chi connectivity index (χ0) is 13.0. The smallest absolute Gasteiger partial charge is 0.222 e. The molecule has 0 aliphatic heterocycles. The average molecular weight is 261 g/mol. The predicted molar refractivity (Wildman–Crippen MR) is 70.0 cm³/mol. The van der Waals surface area contributed by atoms with Crippen LogP contribution in [0.25, 0.3) is 0 Å². The third-order valence-electron chi connectivity index (χ3n) is 2.14. The number of nitrogens with zero attached hydrogens (tertiary/aromatic N) is 2. The van der Waals surface area contributed by atoms with Gasteiger partial charge in [-0.1, -0.05) is 23.7 Å². The highest BCUT2D eigenvalue weighted by Gasteiger charge is 1.95. The van der Waals surface area contributed by atoms with Crippen molar-refractivity contribution in [3.05, 3.63) is 63.8 Å². The standard InChI is InChI=1S/C13H9ClN2O2/c14-9-3-1-4-10(7-9)15-16-11-5-2-6-12(17)13(18)8-11/h1-8H,(H,17,18). The van der Waals surface area contributed by atoms with E-state index in [2.05, 4.69) is 10.2 Å². The summed E-state index contributed by atoms with van der Waals surface area (Å²) in [4.78, 5) is 11.3. The van der Waals surface area contributed by atoms with E-state index in [0.29, 0.717) is 16.4 Å². The van der Waals surface area contributed by atoms with Crippen LogP contribution in [0.15, 0.2) is 63.6 Å². The van der Waals surface area contributed by atoms with Gasteiger partial charge in [0.25, 0.3) is 0 Å². The van der Waals surface area contributed by atoms with Gasteiger partial charge < -0.3 is 5.11 Å². The summed E-state index contributed by atoms with van der Waals surface area (Å²) in [6, 6.07) is 12.5.